The van der Waals surface area contributed by atoms with E-state index in [0.29, 0.717) is 18.6 Å². The highest BCUT2D eigenvalue weighted by atomic mass is 16.5. The molecule has 0 aromatic rings. The van der Waals surface area contributed by atoms with Gasteiger partial charge in [0.15, 0.2) is 0 Å². The van der Waals surface area contributed by atoms with E-state index in [1.165, 1.54) is 0 Å². The molecule has 1 aliphatic carbocycles. The number of aliphatic hydroxyl groups excluding tert-OH is 1. The van der Waals surface area contributed by atoms with Crippen molar-refractivity contribution in [2.24, 2.45) is 5.92 Å². The standard InChI is InChI=1S/C11H20O2/c1-2-3-8-13-11-6-4-10(9-12)5-7-11/h2-3,10-12H,4-9H2,1H3/b3-2+. The number of ether oxygens (including phenoxy) is 1. The highest BCUT2D eigenvalue weighted by Crippen LogP contribution is 2.25. The van der Waals surface area contributed by atoms with Gasteiger partial charge in [-0.25, -0.2) is 0 Å². The summed E-state index contributed by atoms with van der Waals surface area (Å²) >= 11 is 0. The Morgan fingerprint density at radius 1 is 1.31 bits per heavy atom. The second-order valence-electron chi connectivity index (χ2n) is 3.73. The highest BCUT2D eigenvalue weighted by Gasteiger charge is 2.20. The first-order valence-electron chi connectivity index (χ1n) is 5.20. The molecule has 0 unspecified atom stereocenters. The molecule has 0 amide bonds. The molecule has 0 aromatic heterocycles. The monoisotopic (exact) mass is 184 g/mol. The van der Waals surface area contributed by atoms with E-state index in [1.54, 1.807) is 0 Å². The number of aliphatic hydroxyl groups is 1. The predicted octanol–water partition coefficient (Wildman–Crippen LogP) is 2.13. The Labute approximate surface area is 80.6 Å². The summed E-state index contributed by atoms with van der Waals surface area (Å²) in [6.07, 6.45) is 8.95. The molecule has 1 rings (SSSR count). The van der Waals surface area contributed by atoms with Gasteiger partial charge in [0.2, 0.25) is 0 Å². The van der Waals surface area contributed by atoms with Crippen molar-refractivity contribution in [2.75, 3.05) is 13.2 Å². The van der Waals surface area contributed by atoms with E-state index >= 15 is 0 Å². The van der Waals surface area contributed by atoms with Gasteiger partial charge in [0.25, 0.3) is 0 Å². The molecule has 0 atom stereocenters. The molecule has 2 nitrogen and oxygen atoms in total. The molecule has 0 spiro atoms. The van der Waals surface area contributed by atoms with Gasteiger partial charge in [0.1, 0.15) is 0 Å². The summed E-state index contributed by atoms with van der Waals surface area (Å²) in [5.41, 5.74) is 0. The number of rotatable bonds is 4. The summed E-state index contributed by atoms with van der Waals surface area (Å²) in [4.78, 5) is 0. The zero-order valence-corrected chi connectivity index (χ0v) is 8.41. The van der Waals surface area contributed by atoms with Crippen molar-refractivity contribution in [1.82, 2.24) is 0 Å². The van der Waals surface area contributed by atoms with Crippen molar-refractivity contribution in [2.45, 2.75) is 38.7 Å². The summed E-state index contributed by atoms with van der Waals surface area (Å²) in [5.74, 6) is 0.529. The molecule has 0 saturated heterocycles. The SMILES string of the molecule is C/C=C/COC1CCC(CO)CC1. The third kappa shape index (κ3) is 3.92. The topological polar surface area (TPSA) is 29.5 Å². The third-order valence-corrected chi connectivity index (χ3v) is 2.72. The number of allylic oxidation sites excluding steroid dienone is 1. The largest absolute Gasteiger partial charge is 0.396 e. The molecule has 76 valence electrons. The minimum absolute atomic E-state index is 0.349. The minimum atomic E-state index is 0.349. The van der Waals surface area contributed by atoms with Crippen LogP contribution in [0.4, 0.5) is 0 Å². The maximum Gasteiger partial charge on any atom is 0.0651 e. The van der Waals surface area contributed by atoms with Crippen molar-refractivity contribution >= 4 is 0 Å². The summed E-state index contributed by atoms with van der Waals surface area (Å²) in [7, 11) is 0. The van der Waals surface area contributed by atoms with Gasteiger partial charge in [-0.3, -0.25) is 0 Å². The zero-order valence-electron chi connectivity index (χ0n) is 8.41. The lowest BCUT2D eigenvalue weighted by molar-refractivity contribution is 0.0263. The first-order chi connectivity index (χ1) is 6.36. The van der Waals surface area contributed by atoms with E-state index in [1.807, 2.05) is 19.1 Å². The molecule has 1 saturated carbocycles. The van der Waals surface area contributed by atoms with Crippen LogP contribution in [0.2, 0.25) is 0 Å². The second-order valence-corrected chi connectivity index (χ2v) is 3.73. The molecule has 1 aliphatic rings. The van der Waals surface area contributed by atoms with Crippen LogP contribution in [-0.2, 0) is 4.74 Å². The smallest absolute Gasteiger partial charge is 0.0651 e. The zero-order chi connectivity index (χ0) is 9.52. The molecular formula is C11H20O2. The Morgan fingerprint density at radius 3 is 2.54 bits per heavy atom. The Bertz CT molecular complexity index is 146. The molecule has 0 aromatic carbocycles. The first-order valence-corrected chi connectivity index (χ1v) is 5.20. The first kappa shape index (κ1) is 10.7. The number of hydrogen-bond donors (Lipinski definition) is 1. The fourth-order valence-electron chi connectivity index (χ4n) is 1.77. The van der Waals surface area contributed by atoms with E-state index in [-0.39, 0.29) is 0 Å². The van der Waals surface area contributed by atoms with Crippen LogP contribution in [0.5, 0.6) is 0 Å². The Hall–Kier alpha value is -0.340. The lowest BCUT2D eigenvalue weighted by Crippen LogP contribution is -2.23. The molecule has 1 fully saturated rings. The number of hydrogen-bond acceptors (Lipinski definition) is 2. The van der Waals surface area contributed by atoms with E-state index in [2.05, 4.69) is 0 Å². The lowest BCUT2D eigenvalue weighted by Gasteiger charge is -2.26. The van der Waals surface area contributed by atoms with Crippen LogP contribution in [0, 0.1) is 5.92 Å². The minimum Gasteiger partial charge on any atom is -0.396 e. The summed E-state index contributed by atoms with van der Waals surface area (Å²) in [6.45, 7) is 3.10. The van der Waals surface area contributed by atoms with Gasteiger partial charge >= 0.3 is 0 Å². The van der Waals surface area contributed by atoms with Crippen molar-refractivity contribution in [1.29, 1.82) is 0 Å². The highest BCUT2D eigenvalue weighted by molar-refractivity contribution is 4.78. The van der Waals surface area contributed by atoms with E-state index in [4.69, 9.17) is 9.84 Å². The quantitative estimate of drug-likeness (QED) is 0.678. The average Bonchev–Trinajstić information content (AvgIpc) is 2.19. The maximum absolute atomic E-state index is 8.94. The Kier molecular flexibility index (Phi) is 5.09. The fraction of sp³-hybridized carbons (Fsp3) is 0.818. The third-order valence-electron chi connectivity index (χ3n) is 2.72. The van der Waals surface area contributed by atoms with Gasteiger partial charge in [-0.2, -0.15) is 0 Å². The Balaban J connectivity index is 2.10. The van der Waals surface area contributed by atoms with E-state index in [9.17, 15) is 0 Å². The molecule has 2 heteroatoms. The van der Waals surface area contributed by atoms with Gasteiger partial charge < -0.3 is 9.84 Å². The average molecular weight is 184 g/mol. The van der Waals surface area contributed by atoms with Crippen molar-refractivity contribution < 1.29 is 9.84 Å². The van der Waals surface area contributed by atoms with Crippen LogP contribution < -0.4 is 0 Å². The van der Waals surface area contributed by atoms with Crippen LogP contribution in [0.15, 0.2) is 12.2 Å². The maximum atomic E-state index is 8.94. The molecule has 0 bridgehead atoms. The molecule has 0 aliphatic heterocycles. The molecule has 1 N–H and O–H groups in total. The van der Waals surface area contributed by atoms with Crippen LogP contribution >= 0.6 is 0 Å². The van der Waals surface area contributed by atoms with Crippen LogP contribution in [0.25, 0.3) is 0 Å². The molecule has 13 heavy (non-hydrogen) atoms. The van der Waals surface area contributed by atoms with Gasteiger partial charge in [-0.05, 0) is 38.5 Å². The fourth-order valence-corrected chi connectivity index (χ4v) is 1.77. The van der Waals surface area contributed by atoms with Crippen molar-refractivity contribution in [3.8, 4) is 0 Å². The summed E-state index contributed by atoms with van der Waals surface area (Å²) in [6, 6.07) is 0. The van der Waals surface area contributed by atoms with Gasteiger partial charge in [0, 0.05) is 6.61 Å². The van der Waals surface area contributed by atoms with Gasteiger partial charge in [0.05, 0.1) is 12.7 Å². The van der Waals surface area contributed by atoms with Gasteiger partial charge in [-0.1, -0.05) is 12.2 Å². The van der Waals surface area contributed by atoms with Crippen LogP contribution in [0.3, 0.4) is 0 Å². The molecular weight excluding hydrogens is 164 g/mol. The van der Waals surface area contributed by atoms with E-state index in [0.717, 1.165) is 32.3 Å². The van der Waals surface area contributed by atoms with Crippen LogP contribution in [-0.4, -0.2) is 24.4 Å². The summed E-state index contributed by atoms with van der Waals surface area (Å²) < 4.78 is 5.65. The Morgan fingerprint density at radius 2 is 2.00 bits per heavy atom. The van der Waals surface area contributed by atoms with Crippen molar-refractivity contribution in [3.05, 3.63) is 12.2 Å². The van der Waals surface area contributed by atoms with Crippen molar-refractivity contribution in [3.63, 3.8) is 0 Å². The normalized spacial score (nSPS) is 29.7. The molecule has 0 heterocycles. The van der Waals surface area contributed by atoms with Gasteiger partial charge in [-0.15, -0.1) is 0 Å². The summed E-state index contributed by atoms with van der Waals surface area (Å²) in [5, 5.41) is 8.94. The van der Waals surface area contributed by atoms with Crippen LogP contribution in [0.1, 0.15) is 32.6 Å². The predicted molar refractivity (Wildman–Crippen MR) is 53.6 cm³/mol. The lowest BCUT2D eigenvalue weighted by atomic mass is 9.88. The molecule has 0 radical (unpaired) electrons. The van der Waals surface area contributed by atoms with E-state index < -0.39 is 0 Å². The second kappa shape index (κ2) is 6.17.